The van der Waals surface area contributed by atoms with Crippen LogP contribution in [-0.2, 0) is 21.7 Å². The number of hydrogen-bond acceptors (Lipinski definition) is 0. The van der Waals surface area contributed by atoms with Gasteiger partial charge in [0.1, 0.15) is 0 Å². The van der Waals surface area contributed by atoms with Crippen molar-refractivity contribution in [2.75, 3.05) is 0 Å². The van der Waals surface area contributed by atoms with Crippen molar-refractivity contribution in [2.24, 2.45) is 5.92 Å². The molecule has 2 rings (SSSR count). The average Bonchev–Trinajstić information content (AvgIpc) is 2.59. The Morgan fingerprint density at radius 2 is 1.67 bits per heavy atom. The molecule has 0 bridgehead atoms. The molecule has 0 spiro atoms. The Morgan fingerprint density at radius 3 is 2.19 bits per heavy atom. The fourth-order valence-corrected chi connectivity index (χ4v) is 4.50. The third kappa shape index (κ3) is 7.07. The van der Waals surface area contributed by atoms with Gasteiger partial charge in [-0.15, -0.1) is 0 Å². The number of rotatable bonds is 4. The molecule has 0 amide bonds. The van der Waals surface area contributed by atoms with Crippen LogP contribution in [0.5, 0.6) is 0 Å². The van der Waals surface area contributed by atoms with E-state index in [9.17, 15) is 0 Å². The summed E-state index contributed by atoms with van der Waals surface area (Å²) in [6.07, 6.45) is 6.14. The number of hydrogen-bond donors (Lipinski definition) is 0. The van der Waals surface area contributed by atoms with E-state index >= 15 is 0 Å². The average molecular weight is 396 g/mol. The van der Waals surface area contributed by atoms with Gasteiger partial charge in [-0.1, -0.05) is 75.0 Å². The van der Waals surface area contributed by atoms with Gasteiger partial charge in [0.2, 0.25) is 0 Å². The van der Waals surface area contributed by atoms with Crippen LogP contribution < -0.4 is 42.4 Å². The molecule has 1 aromatic rings. The molecule has 0 fully saturated rings. The topological polar surface area (TPSA) is 0 Å². The summed E-state index contributed by atoms with van der Waals surface area (Å²) in [6, 6.07) is 10.9. The van der Waals surface area contributed by atoms with Crippen LogP contribution in [-0.4, -0.2) is 9.52 Å². The van der Waals surface area contributed by atoms with Gasteiger partial charge in [-0.3, -0.25) is 6.08 Å². The summed E-state index contributed by atoms with van der Waals surface area (Å²) >= 11 is 0. The van der Waals surface area contributed by atoms with E-state index in [4.69, 9.17) is 0 Å². The molecule has 1 aliphatic rings. The number of allylic oxidation sites excluding steroid dienone is 4. The first-order valence-electron chi connectivity index (χ1n) is 6.58. The van der Waals surface area contributed by atoms with Crippen molar-refractivity contribution in [1.82, 2.24) is 0 Å². The van der Waals surface area contributed by atoms with E-state index in [1.807, 2.05) is 0 Å². The molecule has 114 valence electrons. The smallest absolute Gasteiger partial charge is 1.00 e. The summed E-state index contributed by atoms with van der Waals surface area (Å²) in [6.45, 7) is 6.85. The van der Waals surface area contributed by atoms with Crippen molar-refractivity contribution in [3.63, 3.8) is 0 Å². The van der Waals surface area contributed by atoms with Crippen LogP contribution in [0.25, 0.3) is 0 Å². The van der Waals surface area contributed by atoms with Gasteiger partial charge in [-0.2, -0.15) is 5.20 Å². The van der Waals surface area contributed by atoms with E-state index < -0.39 is 0 Å². The van der Waals surface area contributed by atoms with E-state index in [-0.39, 0.29) is 68.5 Å². The molecule has 0 nitrogen and oxygen atoms in total. The molecular weight excluding hydrogens is 374 g/mol. The predicted octanol–water partition coefficient (Wildman–Crippen LogP) is -6.06. The minimum atomic E-state index is -0.299. The van der Waals surface area contributed by atoms with Gasteiger partial charge in [0, 0.05) is 0 Å². The van der Waals surface area contributed by atoms with Gasteiger partial charge in [-0.25, -0.2) is 11.1 Å². The van der Waals surface area contributed by atoms with E-state index in [1.165, 1.54) is 23.6 Å². The molecule has 1 unspecified atom stereocenters. The molecule has 1 atom stereocenters. The van der Waals surface area contributed by atoms with Crippen molar-refractivity contribution in [1.29, 1.82) is 0 Å². The zero-order valence-corrected chi connectivity index (χ0v) is 18.0. The first-order valence-corrected chi connectivity index (χ1v) is 8.00. The molecule has 0 saturated heterocycles. The van der Waals surface area contributed by atoms with E-state index in [0.717, 1.165) is 0 Å². The summed E-state index contributed by atoms with van der Waals surface area (Å²) in [5.41, 5.74) is 3.05. The quantitative estimate of drug-likeness (QED) is 0.352. The van der Waals surface area contributed by atoms with Gasteiger partial charge in [0.25, 0.3) is 0 Å². The van der Waals surface area contributed by atoms with Gasteiger partial charge in [0.15, 0.2) is 0 Å². The molecule has 5 heteroatoms. The second-order valence-electron chi connectivity index (χ2n) is 4.93. The molecule has 0 heterocycles. The van der Waals surface area contributed by atoms with E-state index in [1.54, 1.807) is 10.8 Å². The van der Waals surface area contributed by atoms with E-state index in [0.29, 0.717) is 5.92 Å². The van der Waals surface area contributed by atoms with Crippen LogP contribution in [0.4, 0.5) is 0 Å². The summed E-state index contributed by atoms with van der Waals surface area (Å²) < 4.78 is 0. The molecule has 21 heavy (non-hydrogen) atoms. The fourth-order valence-electron chi connectivity index (χ4n) is 2.65. The maximum Gasteiger partial charge on any atom is 4.00 e. The standard InChI is InChI=1S/C16H21Si.3ClH.Ti/c1-4-8-15-12(2)11-16(13(15)3)17-14-9-6-5-7-10-14;;;;/h5-7,9-10,13H,4,8,17H2,1-3H3;3*1H;/q-1;;;;+4/p-3. The van der Waals surface area contributed by atoms with Crippen LogP contribution in [0.2, 0.25) is 0 Å². The molecule has 0 aromatic heterocycles. The second-order valence-corrected chi connectivity index (χ2v) is 6.87. The molecule has 0 N–H and O–H groups in total. The minimum absolute atomic E-state index is 0. The third-order valence-electron chi connectivity index (χ3n) is 3.63. The minimum Gasteiger partial charge on any atom is -1.00 e. The molecule has 0 saturated carbocycles. The van der Waals surface area contributed by atoms with E-state index in [2.05, 4.69) is 57.2 Å². The summed E-state index contributed by atoms with van der Waals surface area (Å²) in [5, 5.41) is 3.13. The zero-order chi connectivity index (χ0) is 12.3. The SMILES string of the molecule is CCCC1=C(C)[C-]=C([SiH2]c2ccccc2)C1C.[Cl-].[Cl-].[Cl-].[Ti+4]. The van der Waals surface area contributed by atoms with Gasteiger partial charge >= 0.3 is 21.7 Å². The zero-order valence-electron chi connectivity index (χ0n) is 12.7. The Kier molecular flexibility index (Phi) is 16.3. The van der Waals surface area contributed by atoms with Crippen LogP contribution >= 0.6 is 0 Å². The monoisotopic (exact) mass is 394 g/mol. The largest absolute Gasteiger partial charge is 4.00 e. The Bertz CT molecular complexity index is 458. The van der Waals surface area contributed by atoms with Crippen LogP contribution in [0.3, 0.4) is 0 Å². The Balaban J connectivity index is -0.000000810. The van der Waals surface area contributed by atoms with Gasteiger partial charge in [-0.05, 0) is 0 Å². The normalized spacial score (nSPS) is 16.5. The van der Waals surface area contributed by atoms with Crippen molar-refractivity contribution in [3.05, 3.63) is 52.8 Å². The number of halogens is 3. The van der Waals surface area contributed by atoms with Crippen molar-refractivity contribution in [3.8, 4) is 0 Å². The first-order chi connectivity index (χ1) is 8.22. The van der Waals surface area contributed by atoms with Gasteiger partial charge < -0.3 is 37.2 Å². The van der Waals surface area contributed by atoms with Gasteiger partial charge in [0.05, 0.1) is 9.52 Å². The Labute approximate surface area is 165 Å². The maximum absolute atomic E-state index is 3.64. The third-order valence-corrected chi connectivity index (χ3v) is 5.68. The Hall–Kier alpha value is 0.501. The molecule has 0 radical (unpaired) electrons. The Morgan fingerprint density at radius 1 is 1.10 bits per heavy atom. The fraction of sp³-hybridized carbons (Fsp3) is 0.375. The summed E-state index contributed by atoms with van der Waals surface area (Å²) in [7, 11) is -0.299. The van der Waals surface area contributed by atoms with Crippen LogP contribution in [0, 0.1) is 12.0 Å². The summed E-state index contributed by atoms with van der Waals surface area (Å²) in [5.74, 6) is 0.654. The first kappa shape index (κ1) is 26.4. The summed E-state index contributed by atoms with van der Waals surface area (Å²) in [4.78, 5) is 0. The molecular formula is C16H21Cl3SiTi. The predicted molar refractivity (Wildman–Crippen MR) is 78.1 cm³/mol. The second kappa shape index (κ2) is 13.0. The molecule has 1 aliphatic carbocycles. The van der Waals surface area contributed by atoms with Crippen molar-refractivity contribution in [2.45, 2.75) is 33.6 Å². The van der Waals surface area contributed by atoms with Crippen LogP contribution in [0.15, 0.2) is 46.7 Å². The van der Waals surface area contributed by atoms with Crippen LogP contribution in [0.1, 0.15) is 33.6 Å². The van der Waals surface area contributed by atoms with Crippen molar-refractivity contribution >= 4 is 14.7 Å². The number of benzene rings is 1. The molecule has 1 aromatic carbocycles. The molecule has 0 aliphatic heterocycles. The maximum atomic E-state index is 3.64. The van der Waals surface area contributed by atoms with Crippen molar-refractivity contribution < 1.29 is 58.9 Å².